The third kappa shape index (κ3) is 3.02. The minimum atomic E-state index is -1.94. The molecule has 0 saturated heterocycles. The monoisotopic (exact) mass is 212 g/mol. The molecule has 82 valence electrons. The number of carboxylic acid groups (broad SMARTS) is 1. The standard InChI is InChI=1S/C11H13FO3/c1-15-7-9(10(12)11(13)14)8-5-3-2-4-6-8/h2-6,9-10H,7H2,1H3,(H,13,14). The number of methoxy groups -OCH3 is 1. The smallest absolute Gasteiger partial charge is 0.339 e. The molecular formula is C11H13FO3. The summed E-state index contributed by atoms with van der Waals surface area (Å²) in [6.45, 7) is 0.0531. The normalized spacial score (nSPS) is 14.5. The summed E-state index contributed by atoms with van der Waals surface area (Å²) in [4.78, 5) is 10.6. The number of halogens is 1. The molecule has 15 heavy (non-hydrogen) atoms. The predicted molar refractivity (Wildman–Crippen MR) is 53.6 cm³/mol. The van der Waals surface area contributed by atoms with Crippen molar-refractivity contribution in [3.05, 3.63) is 35.9 Å². The van der Waals surface area contributed by atoms with E-state index in [9.17, 15) is 9.18 Å². The van der Waals surface area contributed by atoms with Crippen molar-refractivity contribution < 1.29 is 19.0 Å². The lowest BCUT2D eigenvalue weighted by Gasteiger charge is -2.17. The summed E-state index contributed by atoms with van der Waals surface area (Å²) >= 11 is 0. The molecule has 0 aromatic heterocycles. The Bertz CT molecular complexity index is 313. The van der Waals surface area contributed by atoms with Gasteiger partial charge in [-0.2, -0.15) is 0 Å². The Balaban J connectivity index is 2.87. The van der Waals surface area contributed by atoms with Crippen molar-refractivity contribution in [2.75, 3.05) is 13.7 Å². The topological polar surface area (TPSA) is 46.5 Å². The van der Waals surface area contributed by atoms with Crippen LogP contribution in [0.4, 0.5) is 4.39 Å². The predicted octanol–water partition coefficient (Wildman–Crippen LogP) is 1.84. The van der Waals surface area contributed by atoms with Crippen LogP contribution in [0.3, 0.4) is 0 Å². The Kier molecular flexibility index (Phi) is 4.24. The van der Waals surface area contributed by atoms with Crippen molar-refractivity contribution in [1.82, 2.24) is 0 Å². The number of carbonyl (C=O) groups is 1. The molecule has 0 aliphatic heterocycles. The molecule has 1 N–H and O–H groups in total. The van der Waals surface area contributed by atoms with E-state index >= 15 is 0 Å². The molecule has 3 nitrogen and oxygen atoms in total. The molecule has 0 spiro atoms. The maximum absolute atomic E-state index is 13.4. The molecule has 0 fully saturated rings. The molecule has 1 aromatic rings. The van der Waals surface area contributed by atoms with E-state index in [-0.39, 0.29) is 6.61 Å². The molecular weight excluding hydrogens is 199 g/mol. The summed E-state index contributed by atoms with van der Waals surface area (Å²) in [6, 6.07) is 8.67. The van der Waals surface area contributed by atoms with Gasteiger partial charge >= 0.3 is 5.97 Å². The van der Waals surface area contributed by atoms with E-state index in [2.05, 4.69) is 0 Å². The van der Waals surface area contributed by atoms with Gasteiger partial charge in [0.2, 0.25) is 6.17 Å². The number of alkyl halides is 1. The van der Waals surface area contributed by atoms with Crippen molar-refractivity contribution in [1.29, 1.82) is 0 Å². The van der Waals surface area contributed by atoms with Crippen molar-refractivity contribution in [3.63, 3.8) is 0 Å². The first-order valence-corrected chi connectivity index (χ1v) is 4.57. The van der Waals surface area contributed by atoms with Crippen LogP contribution in [0.5, 0.6) is 0 Å². The number of hydrogen-bond donors (Lipinski definition) is 1. The van der Waals surface area contributed by atoms with Crippen LogP contribution in [0.15, 0.2) is 30.3 Å². The number of hydrogen-bond acceptors (Lipinski definition) is 2. The molecule has 4 heteroatoms. The van der Waals surface area contributed by atoms with Gasteiger partial charge in [-0.05, 0) is 5.56 Å². The third-order valence-corrected chi connectivity index (χ3v) is 2.16. The second-order valence-electron chi connectivity index (χ2n) is 3.21. The molecule has 0 heterocycles. The van der Waals surface area contributed by atoms with Crippen LogP contribution in [0, 0.1) is 0 Å². The summed E-state index contributed by atoms with van der Waals surface area (Å²) in [5.74, 6) is -2.21. The van der Waals surface area contributed by atoms with Crippen molar-refractivity contribution in [2.24, 2.45) is 0 Å². The molecule has 2 atom stereocenters. The SMILES string of the molecule is COCC(c1ccccc1)C(F)C(=O)O. The van der Waals surface area contributed by atoms with E-state index in [1.54, 1.807) is 30.3 Å². The van der Waals surface area contributed by atoms with E-state index < -0.39 is 18.1 Å². The quantitative estimate of drug-likeness (QED) is 0.810. The van der Waals surface area contributed by atoms with Crippen molar-refractivity contribution in [2.45, 2.75) is 12.1 Å². The third-order valence-electron chi connectivity index (χ3n) is 2.16. The highest BCUT2D eigenvalue weighted by molar-refractivity contribution is 5.73. The Labute approximate surface area is 87.5 Å². The van der Waals surface area contributed by atoms with E-state index in [1.807, 2.05) is 0 Å². The Morgan fingerprint density at radius 2 is 2.07 bits per heavy atom. The van der Waals surface area contributed by atoms with Gasteiger partial charge in [-0.1, -0.05) is 30.3 Å². The van der Waals surface area contributed by atoms with Gasteiger partial charge < -0.3 is 9.84 Å². The first-order chi connectivity index (χ1) is 7.16. The summed E-state index contributed by atoms with van der Waals surface area (Å²) < 4.78 is 18.2. The van der Waals surface area contributed by atoms with Gasteiger partial charge in [-0.15, -0.1) is 0 Å². The summed E-state index contributed by atoms with van der Waals surface area (Å²) in [5.41, 5.74) is 0.634. The maximum Gasteiger partial charge on any atom is 0.339 e. The van der Waals surface area contributed by atoms with Gasteiger partial charge in [0, 0.05) is 13.0 Å². The fourth-order valence-corrected chi connectivity index (χ4v) is 1.40. The van der Waals surface area contributed by atoms with E-state index in [4.69, 9.17) is 9.84 Å². The zero-order valence-corrected chi connectivity index (χ0v) is 8.39. The minimum absolute atomic E-state index is 0.0531. The number of aliphatic carboxylic acids is 1. The highest BCUT2D eigenvalue weighted by atomic mass is 19.1. The number of carboxylic acids is 1. The average Bonchev–Trinajstić information content (AvgIpc) is 2.26. The Hall–Kier alpha value is -1.42. The van der Waals surface area contributed by atoms with Gasteiger partial charge in [-0.25, -0.2) is 9.18 Å². The number of rotatable bonds is 5. The first-order valence-electron chi connectivity index (χ1n) is 4.57. The highest BCUT2D eigenvalue weighted by Gasteiger charge is 2.28. The van der Waals surface area contributed by atoms with E-state index in [1.165, 1.54) is 7.11 Å². The van der Waals surface area contributed by atoms with E-state index in [0.29, 0.717) is 5.56 Å². The van der Waals surface area contributed by atoms with Gasteiger partial charge in [0.1, 0.15) is 0 Å². The van der Waals surface area contributed by atoms with Crippen molar-refractivity contribution in [3.8, 4) is 0 Å². The Morgan fingerprint density at radius 1 is 1.47 bits per heavy atom. The van der Waals surface area contributed by atoms with Gasteiger partial charge in [0.15, 0.2) is 0 Å². The maximum atomic E-state index is 13.4. The number of benzene rings is 1. The lowest BCUT2D eigenvalue weighted by Crippen LogP contribution is -2.26. The van der Waals surface area contributed by atoms with E-state index in [0.717, 1.165) is 0 Å². The van der Waals surface area contributed by atoms with Crippen LogP contribution >= 0.6 is 0 Å². The van der Waals surface area contributed by atoms with Gasteiger partial charge in [-0.3, -0.25) is 0 Å². The second-order valence-corrected chi connectivity index (χ2v) is 3.21. The molecule has 0 amide bonds. The summed E-state index contributed by atoms with van der Waals surface area (Å²) in [7, 11) is 1.42. The average molecular weight is 212 g/mol. The zero-order chi connectivity index (χ0) is 11.3. The highest BCUT2D eigenvalue weighted by Crippen LogP contribution is 2.22. The van der Waals surface area contributed by atoms with Gasteiger partial charge in [0.25, 0.3) is 0 Å². The molecule has 2 unspecified atom stereocenters. The van der Waals surface area contributed by atoms with Crippen LogP contribution in [0.25, 0.3) is 0 Å². The largest absolute Gasteiger partial charge is 0.479 e. The van der Waals surface area contributed by atoms with Crippen molar-refractivity contribution >= 4 is 5.97 Å². The lowest BCUT2D eigenvalue weighted by molar-refractivity contribution is -0.144. The fourth-order valence-electron chi connectivity index (χ4n) is 1.40. The Morgan fingerprint density at radius 3 is 2.53 bits per heavy atom. The molecule has 1 rings (SSSR count). The zero-order valence-electron chi connectivity index (χ0n) is 8.39. The first kappa shape index (κ1) is 11.7. The molecule has 0 aliphatic carbocycles. The van der Waals surface area contributed by atoms with Crippen LogP contribution in [0.1, 0.15) is 11.5 Å². The van der Waals surface area contributed by atoms with Crippen LogP contribution in [0.2, 0.25) is 0 Å². The minimum Gasteiger partial charge on any atom is -0.479 e. The van der Waals surface area contributed by atoms with Gasteiger partial charge in [0.05, 0.1) is 6.61 Å². The van der Waals surface area contributed by atoms with Crippen LogP contribution in [-0.2, 0) is 9.53 Å². The molecule has 0 bridgehead atoms. The lowest BCUT2D eigenvalue weighted by atomic mass is 9.95. The number of ether oxygens (including phenoxy) is 1. The molecule has 0 radical (unpaired) electrons. The molecule has 0 aliphatic rings. The molecule has 0 saturated carbocycles. The van der Waals surface area contributed by atoms with Crippen LogP contribution in [-0.4, -0.2) is 31.0 Å². The molecule has 1 aromatic carbocycles. The summed E-state index contributed by atoms with van der Waals surface area (Å²) in [5, 5.41) is 8.61. The fraction of sp³-hybridized carbons (Fsp3) is 0.364. The second kappa shape index (κ2) is 5.46. The van der Waals surface area contributed by atoms with Crippen LogP contribution < -0.4 is 0 Å². The summed E-state index contributed by atoms with van der Waals surface area (Å²) in [6.07, 6.45) is -1.94.